The van der Waals surface area contributed by atoms with Crippen molar-refractivity contribution >= 4 is 29.0 Å². The van der Waals surface area contributed by atoms with Crippen LogP contribution in [0.2, 0.25) is 5.02 Å². The van der Waals surface area contributed by atoms with Crippen LogP contribution in [0.5, 0.6) is 0 Å². The molecule has 1 aromatic heterocycles. The molecule has 1 aliphatic rings. The fourth-order valence-corrected chi connectivity index (χ4v) is 2.59. The molecule has 0 aliphatic carbocycles. The molecule has 2 heterocycles. The zero-order valence-corrected chi connectivity index (χ0v) is 11.8. The van der Waals surface area contributed by atoms with Crippen LogP contribution < -0.4 is 10.2 Å². The first-order chi connectivity index (χ1) is 9.70. The number of anilines is 2. The third-order valence-corrected chi connectivity index (χ3v) is 3.74. The van der Waals surface area contributed by atoms with Gasteiger partial charge in [0.2, 0.25) is 0 Å². The maximum Gasteiger partial charge on any atom is 0.278 e. The Kier molecular flexibility index (Phi) is 3.32. The van der Waals surface area contributed by atoms with E-state index < -0.39 is 0 Å². The Morgan fingerprint density at radius 3 is 2.90 bits per heavy atom. The number of nitrogens with one attached hydrogen (secondary N) is 1. The Morgan fingerprint density at radius 2 is 2.10 bits per heavy atom. The summed E-state index contributed by atoms with van der Waals surface area (Å²) in [6, 6.07) is 11.4. The van der Waals surface area contributed by atoms with Gasteiger partial charge in [-0.15, -0.1) is 0 Å². The number of para-hydroxylation sites is 1. The number of aromatic nitrogens is 1. The SMILES string of the molecule is CNc1ccc(Cl)c(C(=O)N2CCc3ccccc32)n1. The average Bonchev–Trinajstić information content (AvgIpc) is 2.91. The number of fused-ring (bicyclic) bond motifs is 1. The third-order valence-electron chi connectivity index (χ3n) is 3.44. The van der Waals surface area contributed by atoms with Gasteiger partial charge in [-0.25, -0.2) is 4.98 Å². The summed E-state index contributed by atoms with van der Waals surface area (Å²) >= 11 is 6.12. The highest BCUT2D eigenvalue weighted by atomic mass is 35.5. The lowest BCUT2D eigenvalue weighted by molar-refractivity contribution is 0.0985. The molecule has 0 saturated carbocycles. The van der Waals surface area contributed by atoms with Gasteiger partial charge in [-0.05, 0) is 30.2 Å². The summed E-state index contributed by atoms with van der Waals surface area (Å²) in [4.78, 5) is 18.7. The Hall–Kier alpha value is -2.07. The van der Waals surface area contributed by atoms with Crippen molar-refractivity contribution in [2.75, 3.05) is 23.8 Å². The molecular weight excluding hydrogens is 274 g/mol. The predicted octanol–water partition coefficient (Wildman–Crippen LogP) is 2.98. The summed E-state index contributed by atoms with van der Waals surface area (Å²) < 4.78 is 0. The van der Waals surface area contributed by atoms with E-state index in [1.807, 2.05) is 24.3 Å². The molecule has 0 bridgehead atoms. The maximum atomic E-state index is 12.6. The largest absolute Gasteiger partial charge is 0.373 e. The minimum Gasteiger partial charge on any atom is -0.373 e. The molecule has 0 fully saturated rings. The summed E-state index contributed by atoms with van der Waals surface area (Å²) in [6.45, 7) is 0.667. The minimum atomic E-state index is -0.156. The van der Waals surface area contributed by atoms with E-state index in [9.17, 15) is 4.79 Å². The maximum absolute atomic E-state index is 12.6. The topological polar surface area (TPSA) is 45.2 Å². The van der Waals surface area contributed by atoms with Gasteiger partial charge in [0.05, 0.1) is 5.02 Å². The molecular formula is C15H14ClN3O. The van der Waals surface area contributed by atoms with Gasteiger partial charge in [0.1, 0.15) is 11.5 Å². The lowest BCUT2D eigenvalue weighted by Crippen LogP contribution is -2.30. The van der Waals surface area contributed by atoms with Gasteiger partial charge in [-0.2, -0.15) is 0 Å². The molecule has 0 radical (unpaired) electrons. The number of hydrogen-bond acceptors (Lipinski definition) is 3. The minimum absolute atomic E-state index is 0.156. The first kappa shape index (κ1) is 12.9. The number of benzene rings is 1. The van der Waals surface area contributed by atoms with Gasteiger partial charge in [0.15, 0.2) is 0 Å². The van der Waals surface area contributed by atoms with Crippen LogP contribution in [0, 0.1) is 0 Å². The number of hydrogen-bond donors (Lipinski definition) is 1. The van der Waals surface area contributed by atoms with E-state index in [-0.39, 0.29) is 11.6 Å². The lowest BCUT2D eigenvalue weighted by atomic mass is 10.2. The molecule has 20 heavy (non-hydrogen) atoms. The second-order valence-electron chi connectivity index (χ2n) is 4.61. The van der Waals surface area contributed by atoms with Crippen LogP contribution in [-0.4, -0.2) is 24.5 Å². The lowest BCUT2D eigenvalue weighted by Gasteiger charge is -2.17. The Balaban J connectivity index is 1.98. The Labute approximate surface area is 122 Å². The van der Waals surface area contributed by atoms with Crippen LogP contribution in [0.1, 0.15) is 16.1 Å². The normalized spacial score (nSPS) is 13.2. The smallest absolute Gasteiger partial charge is 0.278 e. The summed E-state index contributed by atoms with van der Waals surface area (Å²) in [6.07, 6.45) is 0.866. The molecule has 5 heteroatoms. The predicted molar refractivity (Wildman–Crippen MR) is 80.6 cm³/mol. The van der Waals surface area contributed by atoms with Crippen LogP contribution >= 0.6 is 11.6 Å². The molecule has 1 amide bonds. The number of nitrogens with zero attached hydrogens (tertiary/aromatic N) is 2. The molecule has 0 unspecified atom stereocenters. The Morgan fingerprint density at radius 1 is 1.30 bits per heavy atom. The summed E-state index contributed by atoms with van der Waals surface area (Å²) in [7, 11) is 1.76. The standard InChI is InChI=1S/C15H14ClN3O/c1-17-13-7-6-11(16)14(18-13)15(20)19-9-8-10-4-2-3-5-12(10)19/h2-7H,8-9H2,1H3,(H,17,18). The highest BCUT2D eigenvalue weighted by Crippen LogP contribution is 2.30. The van der Waals surface area contributed by atoms with E-state index in [0.29, 0.717) is 17.4 Å². The fraction of sp³-hybridized carbons (Fsp3) is 0.200. The van der Waals surface area contributed by atoms with Crippen molar-refractivity contribution < 1.29 is 4.79 Å². The molecule has 0 saturated heterocycles. The zero-order valence-electron chi connectivity index (χ0n) is 11.1. The van der Waals surface area contributed by atoms with E-state index in [4.69, 9.17) is 11.6 Å². The molecule has 1 N–H and O–H groups in total. The Bertz CT molecular complexity index is 672. The molecule has 2 aromatic rings. The van der Waals surface area contributed by atoms with Gasteiger partial charge < -0.3 is 10.2 Å². The van der Waals surface area contributed by atoms with Crippen molar-refractivity contribution in [3.05, 3.63) is 52.7 Å². The van der Waals surface area contributed by atoms with Crippen molar-refractivity contribution in [3.63, 3.8) is 0 Å². The quantitative estimate of drug-likeness (QED) is 0.923. The van der Waals surface area contributed by atoms with Gasteiger partial charge in [-0.3, -0.25) is 4.79 Å². The summed E-state index contributed by atoms with van der Waals surface area (Å²) in [5.74, 6) is 0.474. The fourth-order valence-electron chi connectivity index (χ4n) is 2.41. The summed E-state index contributed by atoms with van der Waals surface area (Å²) in [5, 5.41) is 3.29. The molecule has 3 rings (SSSR count). The van der Waals surface area contributed by atoms with Crippen molar-refractivity contribution in [1.29, 1.82) is 0 Å². The van der Waals surface area contributed by atoms with Crippen LogP contribution in [0.15, 0.2) is 36.4 Å². The van der Waals surface area contributed by atoms with Crippen molar-refractivity contribution in [2.45, 2.75) is 6.42 Å². The number of halogens is 1. The summed E-state index contributed by atoms with van der Waals surface area (Å²) in [5.41, 5.74) is 2.42. The van der Waals surface area contributed by atoms with E-state index in [1.54, 1.807) is 24.1 Å². The van der Waals surface area contributed by atoms with Gasteiger partial charge in [-0.1, -0.05) is 29.8 Å². The van der Waals surface area contributed by atoms with Gasteiger partial charge in [0.25, 0.3) is 5.91 Å². The van der Waals surface area contributed by atoms with Crippen LogP contribution in [0.4, 0.5) is 11.5 Å². The molecule has 1 aliphatic heterocycles. The number of carbonyl (C=O) groups is 1. The van der Waals surface area contributed by atoms with Gasteiger partial charge >= 0.3 is 0 Å². The van der Waals surface area contributed by atoms with Crippen LogP contribution in [0.3, 0.4) is 0 Å². The van der Waals surface area contributed by atoms with Crippen molar-refractivity contribution in [3.8, 4) is 0 Å². The second-order valence-corrected chi connectivity index (χ2v) is 5.02. The highest BCUT2D eigenvalue weighted by molar-refractivity contribution is 6.34. The highest BCUT2D eigenvalue weighted by Gasteiger charge is 2.27. The molecule has 0 atom stereocenters. The number of carbonyl (C=O) groups excluding carboxylic acids is 1. The molecule has 1 aromatic carbocycles. The van der Waals surface area contributed by atoms with E-state index in [0.717, 1.165) is 12.1 Å². The van der Waals surface area contributed by atoms with Crippen LogP contribution in [-0.2, 0) is 6.42 Å². The molecule has 102 valence electrons. The van der Waals surface area contributed by atoms with Crippen molar-refractivity contribution in [1.82, 2.24) is 4.98 Å². The average molecular weight is 288 g/mol. The molecule has 0 spiro atoms. The monoisotopic (exact) mass is 287 g/mol. The molecule has 4 nitrogen and oxygen atoms in total. The number of pyridine rings is 1. The van der Waals surface area contributed by atoms with Crippen molar-refractivity contribution in [2.24, 2.45) is 0 Å². The van der Waals surface area contributed by atoms with E-state index in [1.165, 1.54) is 5.56 Å². The zero-order chi connectivity index (χ0) is 14.1. The third kappa shape index (κ3) is 2.12. The van der Waals surface area contributed by atoms with E-state index >= 15 is 0 Å². The van der Waals surface area contributed by atoms with Crippen LogP contribution in [0.25, 0.3) is 0 Å². The first-order valence-electron chi connectivity index (χ1n) is 6.45. The van der Waals surface area contributed by atoms with Gasteiger partial charge in [0, 0.05) is 19.3 Å². The van der Waals surface area contributed by atoms with E-state index in [2.05, 4.69) is 10.3 Å². The second kappa shape index (κ2) is 5.13. The first-order valence-corrected chi connectivity index (χ1v) is 6.82. The number of amides is 1. The number of rotatable bonds is 2.